The van der Waals surface area contributed by atoms with Crippen molar-refractivity contribution in [2.24, 2.45) is 7.05 Å². The molecule has 84 valence electrons. The van der Waals surface area contributed by atoms with Gasteiger partial charge >= 0.3 is 0 Å². The first-order chi connectivity index (χ1) is 7.19. The van der Waals surface area contributed by atoms with Gasteiger partial charge in [0.05, 0.1) is 25.0 Å². The van der Waals surface area contributed by atoms with Gasteiger partial charge in [-0.2, -0.15) is 5.10 Å². The monoisotopic (exact) mass is 213 g/mol. The molecule has 1 amide bonds. The van der Waals surface area contributed by atoms with Crippen LogP contribution >= 0.6 is 0 Å². The lowest BCUT2D eigenvalue weighted by molar-refractivity contribution is 0.0684. The fourth-order valence-electron chi connectivity index (χ4n) is 1.27. The predicted octanol–water partition coefficient (Wildman–Crippen LogP) is -1.15. The summed E-state index contributed by atoms with van der Waals surface area (Å²) in [6.45, 7) is 0.195. The Morgan fingerprint density at radius 1 is 1.47 bits per heavy atom. The molecule has 0 spiro atoms. The second kappa shape index (κ2) is 5.47. The highest BCUT2D eigenvalue weighted by molar-refractivity contribution is 5.93. The minimum Gasteiger partial charge on any atom is -0.395 e. The Hall–Kier alpha value is -1.40. The lowest BCUT2D eigenvalue weighted by Crippen LogP contribution is -2.35. The van der Waals surface area contributed by atoms with Gasteiger partial charge < -0.3 is 15.1 Å². The smallest absolute Gasteiger partial charge is 0.257 e. The van der Waals surface area contributed by atoms with E-state index in [2.05, 4.69) is 5.10 Å². The number of hydrogen-bond donors (Lipinski definition) is 2. The minimum atomic E-state index is -0.230. The molecule has 0 aromatic carbocycles. The topological polar surface area (TPSA) is 78.6 Å². The van der Waals surface area contributed by atoms with Crippen LogP contribution in [0.4, 0.5) is 0 Å². The number of amides is 1. The van der Waals surface area contributed by atoms with Crippen molar-refractivity contribution in [2.75, 3.05) is 26.3 Å². The Morgan fingerprint density at radius 3 is 2.47 bits per heavy atom. The van der Waals surface area contributed by atoms with Crippen molar-refractivity contribution in [3.05, 3.63) is 18.0 Å². The number of aromatic nitrogens is 2. The van der Waals surface area contributed by atoms with Gasteiger partial charge in [0.2, 0.25) is 0 Å². The molecule has 6 heteroatoms. The van der Waals surface area contributed by atoms with E-state index in [1.807, 2.05) is 0 Å². The number of carbonyl (C=O) groups is 1. The lowest BCUT2D eigenvalue weighted by atomic mass is 10.3. The van der Waals surface area contributed by atoms with Crippen molar-refractivity contribution in [2.45, 2.75) is 0 Å². The number of aliphatic hydroxyl groups excluding tert-OH is 2. The van der Waals surface area contributed by atoms with Crippen molar-refractivity contribution >= 4 is 5.91 Å². The number of nitrogens with zero attached hydrogens (tertiary/aromatic N) is 3. The predicted molar refractivity (Wildman–Crippen MR) is 53.3 cm³/mol. The molecule has 0 unspecified atom stereocenters. The molecule has 0 atom stereocenters. The van der Waals surface area contributed by atoms with Crippen LogP contribution in [-0.4, -0.2) is 57.1 Å². The summed E-state index contributed by atoms with van der Waals surface area (Å²) in [6.07, 6.45) is 3.06. The number of rotatable bonds is 5. The molecule has 0 aliphatic heterocycles. The summed E-state index contributed by atoms with van der Waals surface area (Å²) in [4.78, 5) is 13.2. The van der Waals surface area contributed by atoms with Crippen molar-refractivity contribution in [3.8, 4) is 0 Å². The van der Waals surface area contributed by atoms with Crippen LogP contribution in [0, 0.1) is 0 Å². The van der Waals surface area contributed by atoms with E-state index in [9.17, 15) is 4.79 Å². The molecule has 6 nitrogen and oxygen atoms in total. The van der Waals surface area contributed by atoms with Crippen LogP contribution in [0.1, 0.15) is 10.4 Å². The van der Waals surface area contributed by atoms with Gasteiger partial charge in [-0.25, -0.2) is 0 Å². The fraction of sp³-hybridized carbons (Fsp3) is 0.556. The average molecular weight is 213 g/mol. The van der Waals surface area contributed by atoms with Crippen molar-refractivity contribution < 1.29 is 15.0 Å². The average Bonchev–Trinajstić information content (AvgIpc) is 2.63. The SMILES string of the molecule is Cn1cc(C(=O)N(CCO)CCO)cn1. The van der Waals surface area contributed by atoms with E-state index in [0.29, 0.717) is 5.56 Å². The normalized spacial score (nSPS) is 10.3. The fourth-order valence-corrected chi connectivity index (χ4v) is 1.27. The first kappa shape index (κ1) is 11.7. The van der Waals surface area contributed by atoms with Gasteiger partial charge in [0.1, 0.15) is 0 Å². The Kier molecular flexibility index (Phi) is 4.26. The molecule has 1 aromatic rings. The third-order valence-electron chi connectivity index (χ3n) is 1.98. The summed E-state index contributed by atoms with van der Waals surface area (Å²) in [5.74, 6) is -0.230. The molecule has 0 aliphatic carbocycles. The molecule has 1 rings (SSSR count). The maximum Gasteiger partial charge on any atom is 0.257 e. The van der Waals surface area contributed by atoms with Crippen LogP contribution in [0.5, 0.6) is 0 Å². The quantitative estimate of drug-likeness (QED) is 0.647. The minimum absolute atomic E-state index is 0.119. The molecule has 0 aliphatic rings. The molecule has 0 saturated heterocycles. The summed E-state index contributed by atoms with van der Waals surface area (Å²) in [6, 6.07) is 0. The standard InChI is InChI=1S/C9H15N3O3/c1-11-7-8(6-10-11)9(15)12(2-4-13)3-5-14/h6-7,13-14H,2-5H2,1H3. The van der Waals surface area contributed by atoms with Crippen molar-refractivity contribution in [1.82, 2.24) is 14.7 Å². The first-order valence-electron chi connectivity index (χ1n) is 4.68. The molecule has 0 saturated carbocycles. The maximum atomic E-state index is 11.8. The lowest BCUT2D eigenvalue weighted by Gasteiger charge is -2.19. The van der Waals surface area contributed by atoms with Gasteiger partial charge in [-0.05, 0) is 0 Å². The summed E-state index contributed by atoms with van der Waals surface area (Å²) < 4.78 is 1.53. The van der Waals surface area contributed by atoms with E-state index in [0.717, 1.165) is 0 Å². The van der Waals surface area contributed by atoms with Crippen molar-refractivity contribution in [1.29, 1.82) is 0 Å². The van der Waals surface area contributed by atoms with Gasteiger partial charge in [0.25, 0.3) is 5.91 Å². The molecule has 15 heavy (non-hydrogen) atoms. The Morgan fingerprint density at radius 2 is 2.07 bits per heavy atom. The zero-order valence-corrected chi connectivity index (χ0v) is 8.63. The Balaban J connectivity index is 2.71. The second-order valence-corrected chi connectivity index (χ2v) is 3.14. The van der Waals surface area contributed by atoms with Gasteiger partial charge in [-0.15, -0.1) is 0 Å². The van der Waals surface area contributed by atoms with E-state index in [-0.39, 0.29) is 32.2 Å². The number of aryl methyl sites for hydroxylation is 1. The highest BCUT2D eigenvalue weighted by atomic mass is 16.3. The summed E-state index contributed by atoms with van der Waals surface area (Å²) in [5, 5.41) is 21.4. The van der Waals surface area contributed by atoms with Crippen LogP contribution in [-0.2, 0) is 7.05 Å². The van der Waals surface area contributed by atoms with Crippen LogP contribution < -0.4 is 0 Å². The highest BCUT2D eigenvalue weighted by Gasteiger charge is 2.15. The van der Waals surface area contributed by atoms with Gasteiger partial charge in [0, 0.05) is 26.3 Å². The Labute approximate surface area is 87.7 Å². The molecular formula is C9H15N3O3. The molecule has 0 radical (unpaired) electrons. The highest BCUT2D eigenvalue weighted by Crippen LogP contribution is 2.02. The molecule has 1 heterocycles. The summed E-state index contributed by atoms with van der Waals surface area (Å²) >= 11 is 0. The summed E-state index contributed by atoms with van der Waals surface area (Å²) in [5.41, 5.74) is 0.458. The van der Waals surface area contributed by atoms with Gasteiger partial charge in [0.15, 0.2) is 0 Å². The maximum absolute atomic E-state index is 11.8. The molecule has 1 aromatic heterocycles. The first-order valence-corrected chi connectivity index (χ1v) is 4.68. The van der Waals surface area contributed by atoms with Crippen LogP contribution in [0.2, 0.25) is 0 Å². The summed E-state index contributed by atoms with van der Waals surface area (Å²) in [7, 11) is 1.72. The molecule has 0 bridgehead atoms. The van der Waals surface area contributed by atoms with Gasteiger partial charge in [-0.1, -0.05) is 0 Å². The largest absolute Gasteiger partial charge is 0.395 e. The third kappa shape index (κ3) is 3.03. The molecular weight excluding hydrogens is 198 g/mol. The Bertz CT molecular complexity index is 318. The number of aliphatic hydroxyl groups is 2. The zero-order chi connectivity index (χ0) is 11.3. The van der Waals surface area contributed by atoms with Crippen molar-refractivity contribution in [3.63, 3.8) is 0 Å². The molecule has 0 fully saturated rings. The number of hydrogen-bond acceptors (Lipinski definition) is 4. The molecule has 2 N–H and O–H groups in total. The zero-order valence-electron chi connectivity index (χ0n) is 8.63. The second-order valence-electron chi connectivity index (χ2n) is 3.14. The van der Waals surface area contributed by atoms with E-state index >= 15 is 0 Å². The third-order valence-corrected chi connectivity index (χ3v) is 1.98. The van der Waals surface area contributed by atoms with E-state index in [1.165, 1.54) is 15.8 Å². The number of carbonyl (C=O) groups excluding carboxylic acids is 1. The van der Waals surface area contributed by atoms with E-state index in [1.54, 1.807) is 13.2 Å². The van der Waals surface area contributed by atoms with Crippen LogP contribution in [0.15, 0.2) is 12.4 Å². The van der Waals surface area contributed by atoms with Crippen LogP contribution in [0.3, 0.4) is 0 Å². The van der Waals surface area contributed by atoms with Gasteiger partial charge in [-0.3, -0.25) is 9.48 Å². The van der Waals surface area contributed by atoms with E-state index < -0.39 is 0 Å². The van der Waals surface area contributed by atoms with E-state index in [4.69, 9.17) is 10.2 Å². The van der Waals surface area contributed by atoms with Crippen LogP contribution in [0.25, 0.3) is 0 Å².